The third-order valence-electron chi connectivity index (χ3n) is 3.81. The number of esters is 1. The molecule has 1 aromatic rings. The van der Waals surface area contributed by atoms with Crippen molar-refractivity contribution in [1.82, 2.24) is 0 Å². The summed E-state index contributed by atoms with van der Waals surface area (Å²) in [5.74, 6) is -2.43. The van der Waals surface area contributed by atoms with Gasteiger partial charge in [-0.05, 0) is 12.8 Å². The Balaban J connectivity index is 2.58. The molecule has 1 atom stereocenters. The lowest BCUT2D eigenvalue weighted by Gasteiger charge is -2.36. The first-order chi connectivity index (χ1) is 9.52. The molecule has 1 aliphatic heterocycles. The molecular formula is C15H18O5. The van der Waals surface area contributed by atoms with E-state index in [9.17, 15) is 15.2 Å². The molecule has 0 aromatic heterocycles. The topological polar surface area (TPSA) is 76.0 Å². The number of ether oxygens (including phenoxy) is 1. The Bertz CT molecular complexity index is 518. The SMILES string of the molecule is CCC(O)(CC)C1=CC(=O)OC1(OO)c1ccccc1. The van der Waals surface area contributed by atoms with Gasteiger partial charge in [0, 0.05) is 17.2 Å². The molecule has 0 bridgehead atoms. The maximum Gasteiger partial charge on any atom is 0.334 e. The van der Waals surface area contributed by atoms with Crippen molar-refractivity contribution in [3.8, 4) is 0 Å². The number of carbonyl (C=O) groups excluding carboxylic acids is 1. The lowest BCUT2D eigenvalue weighted by molar-refractivity contribution is -0.385. The first kappa shape index (κ1) is 14.7. The molecule has 2 N–H and O–H groups in total. The van der Waals surface area contributed by atoms with Crippen LogP contribution in [0.1, 0.15) is 32.3 Å². The minimum absolute atomic E-state index is 0.216. The van der Waals surface area contributed by atoms with Crippen molar-refractivity contribution in [3.05, 3.63) is 47.5 Å². The van der Waals surface area contributed by atoms with E-state index >= 15 is 0 Å². The number of benzene rings is 1. The van der Waals surface area contributed by atoms with Crippen molar-refractivity contribution in [2.75, 3.05) is 0 Å². The molecule has 0 fully saturated rings. The smallest absolute Gasteiger partial charge is 0.334 e. The highest BCUT2D eigenvalue weighted by molar-refractivity contribution is 5.87. The van der Waals surface area contributed by atoms with Gasteiger partial charge in [0.05, 0.1) is 5.60 Å². The maximum absolute atomic E-state index is 11.7. The monoisotopic (exact) mass is 278 g/mol. The minimum Gasteiger partial charge on any atom is -0.418 e. The number of cyclic esters (lactones) is 1. The van der Waals surface area contributed by atoms with Gasteiger partial charge in [0.25, 0.3) is 5.79 Å². The van der Waals surface area contributed by atoms with Gasteiger partial charge >= 0.3 is 5.97 Å². The Kier molecular flexibility index (Phi) is 3.94. The van der Waals surface area contributed by atoms with Gasteiger partial charge in [-0.15, -0.1) is 0 Å². The molecule has 108 valence electrons. The van der Waals surface area contributed by atoms with Crippen LogP contribution in [0.5, 0.6) is 0 Å². The fourth-order valence-corrected chi connectivity index (χ4v) is 2.50. The standard InChI is InChI=1S/C15H18O5/c1-3-14(17,4-2)12-10-13(16)19-15(12,20-18)11-8-6-5-7-9-11/h5-10,17-18H,3-4H2,1-2H3. The molecule has 0 saturated carbocycles. The van der Waals surface area contributed by atoms with Crippen LogP contribution in [0, 0.1) is 0 Å². The Labute approximate surface area is 117 Å². The van der Waals surface area contributed by atoms with Crippen molar-refractivity contribution in [2.45, 2.75) is 38.1 Å². The molecule has 0 radical (unpaired) electrons. The molecule has 5 heteroatoms. The molecule has 0 saturated heterocycles. The Hall–Kier alpha value is -1.69. The van der Waals surface area contributed by atoms with Gasteiger partial charge in [0.15, 0.2) is 0 Å². The number of rotatable bonds is 5. The summed E-state index contributed by atoms with van der Waals surface area (Å²) in [6, 6.07) is 8.58. The van der Waals surface area contributed by atoms with E-state index in [-0.39, 0.29) is 5.57 Å². The van der Waals surface area contributed by atoms with Gasteiger partial charge in [0.1, 0.15) is 0 Å². The van der Waals surface area contributed by atoms with Gasteiger partial charge < -0.3 is 9.84 Å². The molecule has 0 amide bonds. The third-order valence-corrected chi connectivity index (χ3v) is 3.81. The van der Waals surface area contributed by atoms with Crippen LogP contribution < -0.4 is 0 Å². The van der Waals surface area contributed by atoms with Gasteiger partial charge in [-0.2, -0.15) is 4.89 Å². The van der Waals surface area contributed by atoms with Crippen LogP contribution in [0.15, 0.2) is 42.0 Å². The predicted molar refractivity (Wildman–Crippen MR) is 71.5 cm³/mol. The Morgan fingerprint density at radius 1 is 1.25 bits per heavy atom. The summed E-state index contributed by atoms with van der Waals surface area (Å²) < 4.78 is 5.18. The second-order valence-electron chi connectivity index (χ2n) is 4.79. The molecule has 2 rings (SSSR count). The highest BCUT2D eigenvalue weighted by Gasteiger charge is 2.54. The number of aliphatic hydroxyl groups is 1. The average molecular weight is 278 g/mol. The van der Waals surface area contributed by atoms with E-state index < -0.39 is 17.4 Å². The van der Waals surface area contributed by atoms with E-state index in [1.807, 2.05) is 0 Å². The zero-order chi connectivity index (χ0) is 14.8. The summed E-state index contributed by atoms with van der Waals surface area (Å²) in [6.45, 7) is 3.58. The van der Waals surface area contributed by atoms with Crippen LogP contribution in [0.2, 0.25) is 0 Å². The van der Waals surface area contributed by atoms with E-state index in [1.165, 1.54) is 6.08 Å². The molecule has 1 aliphatic rings. The van der Waals surface area contributed by atoms with Gasteiger partial charge in [-0.25, -0.2) is 10.1 Å². The molecule has 1 heterocycles. The quantitative estimate of drug-likeness (QED) is 0.491. The zero-order valence-corrected chi connectivity index (χ0v) is 11.5. The number of hydrogen-bond acceptors (Lipinski definition) is 5. The van der Waals surface area contributed by atoms with Crippen LogP contribution in [0.4, 0.5) is 0 Å². The van der Waals surface area contributed by atoms with Crippen LogP contribution in [0.25, 0.3) is 0 Å². The predicted octanol–water partition coefficient (Wildman–Crippen LogP) is 2.36. The van der Waals surface area contributed by atoms with E-state index in [0.29, 0.717) is 18.4 Å². The summed E-state index contributed by atoms with van der Waals surface area (Å²) in [7, 11) is 0. The number of hydrogen-bond donors (Lipinski definition) is 2. The Morgan fingerprint density at radius 3 is 2.35 bits per heavy atom. The van der Waals surface area contributed by atoms with Crippen molar-refractivity contribution in [1.29, 1.82) is 0 Å². The summed E-state index contributed by atoms with van der Waals surface area (Å²) in [6.07, 6.45) is 1.92. The summed E-state index contributed by atoms with van der Waals surface area (Å²) in [5.41, 5.74) is -0.626. The van der Waals surface area contributed by atoms with Crippen LogP contribution in [-0.4, -0.2) is 21.9 Å². The molecule has 5 nitrogen and oxygen atoms in total. The fraction of sp³-hybridized carbons (Fsp3) is 0.400. The van der Waals surface area contributed by atoms with Crippen LogP contribution in [0.3, 0.4) is 0 Å². The minimum atomic E-state index is -1.78. The van der Waals surface area contributed by atoms with Crippen molar-refractivity contribution in [3.63, 3.8) is 0 Å². The molecule has 1 aromatic carbocycles. The van der Waals surface area contributed by atoms with Crippen LogP contribution >= 0.6 is 0 Å². The molecular weight excluding hydrogens is 260 g/mol. The van der Waals surface area contributed by atoms with Gasteiger partial charge in [-0.3, -0.25) is 0 Å². The highest BCUT2D eigenvalue weighted by atomic mass is 17.1. The van der Waals surface area contributed by atoms with Crippen molar-refractivity contribution < 1.29 is 24.8 Å². The van der Waals surface area contributed by atoms with E-state index in [1.54, 1.807) is 44.2 Å². The fourth-order valence-electron chi connectivity index (χ4n) is 2.50. The second-order valence-corrected chi connectivity index (χ2v) is 4.79. The molecule has 0 aliphatic carbocycles. The molecule has 1 unspecified atom stereocenters. The van der Waals surface area contributed by atoms with E-state index in [0.717, 1.165) is 0 Å². The maximum atomic E-state index is 11.7. The van der Waals surface area contributed by atoms with Crippen molar-refractivity contribution >= 4 is 5.97 Å². The number of carbonyl (C=O) groups is 1. The summed E-state index contributed by atoms with van der Waals surface area (Å²) in [4.78, 5) is 16.2. The lowest BCUT2D eigenvalue weighted by atomic mass is 9.81. The van der Waals surface area contributed by atoms with Gasteiger partial charge in [0.2, 0.25) is 0 Å². The Morgan fingerprint density at radius 2 is 1.85 bits per heavy atom. The third kappa shape index (κ3) is 2.14. The lowest BCUT2D eigenvalue weighted by Crippen LogP contribution is -2.43. The second kappa shape index (κ2) is 5.36. The van der Waals surface area contributed by atoms with E-state index in [2.05, 4.69) is 4.89 Å². The van der Waals surface area contributed by atoms with E-state index in [4.69, 9.17) is 4.74 Å². The zero-order valence-electron chi connectivity index (χ0n) is 11.5. The normalized spacial score (nSPS) is 22.6. The summed E-state index contributed by atoms with van der Waals surface area (Å²) >= 11 is 0. The largest absolute Gasteiger partial charge is 0.418 e. The van der Waals surface area contributed by atoms with Crippen molar-refractivity contribution in [2.24, 2.45) is 0 Å². The van der Waals surface area contributed by atoms with Crippen LogP contribution in [-0.2, 0) is 20.2 Å². The average Bonchev–Trinajstić information content (AvgIpc) is 2.86. The van der Waals surface area contributed by atoms with Gasteiger partial charge in [-0.1, -0.05) is 44.2 Å². The molecule has 20 heavy (non-hydrogen) atoms. The first-order valence-electron chi connectivity index (χ1n) is 6.58. The molecule has 0 spiro atoms. The summed E-state index contributed by atoms with van der Waals surface area (Å²) in [5, 5.41) is 20.1. The highest BCUT2D eigenvalue weighted by Crippen LogP contribution is 2.46. The first-order valence-corrected chi connectivity index (χ1v) is 6.58.